The molecule has 1 heterocycles. The van der Waals surface area contributed by atoms with Crippen molar-refractivity contribution in [2.75, 3.05) is 6.61 Å². The van der Waals surface area contributed by atoms with Gasteiger partial charge < -0.3 is 9.47 Å². The number of hydrogen-bond donors (Lipinski definition) is 0. The SMILES string of the molecule is CCC(COC(C)(C)C)C(CCCC(=O)c1cnc(/C=C(\C)C2(C(C)(F)F)CC2)c(C)n1)OC(C)C. The summed E-state index contributed by atoms with van der Waals surface area (Å²) in [6.45, 7) is 17.4. The van der Waals surface area contributed by atoms with E-state index in [1.165, 1.54) is 6.20 Å². The lowest BCUT2D eigenvalue weighted by Gasteiger charge is -2.31. The van der Waals surface area contributed by atoms with Crippen LogP contribution in [0.5, 0.6) is 0 Å². The molecule has 0 radical (unpaired) electrons. The van der Waals surface area contributed by atoms with Crippen LogP contribution < -0.4 is 0 Å². The third-order valence-electron chi connectivity index (χ3n) is 7.09. The molecule has 1 aromatic rings. The standard InChI is InChI=1S/C29H46F2N2O3/c1-10-22(18-35-27(6,7)8)26(36-19(2)3)13-11-12-25(34)24-17-32-23(21(5)33-24)16-20(4)29(14-15-29)28(9,30)31/h16-17,19,22,26H,10-15,18H2,1-9H3/b20-16+. The van der Waals surface area contributed by atoms with E-state index in [-0.39, 0.29) is 29.5 Å². The normalized spacial score (nSPS) is 17.8. The maximum atomic E-state index is 14.1. The van der Waals surface area contributed by atoms with E-state index in [1.807, 2.05) is 34.6 Å². The Kier molecular flexibility index (Phi) is 10.3. The molecule has 7 heteroatoms. The first-order valence-electron chi connectivity index (χ1n) is 13.3. The second-order valence-corrected chi connectivity index (χ2v) is 11.7. The summed E-state index contributed by atoms with van der Waals surface area (Å²) < 4.78 is 40.4. The van der Waals surface area contributed by atoms with Gasteiger partial charge in [0, 0.05) is 19.3 Å². The first-order valence-corrected chi connectivity index (χ1v) is 13.3. The number of carbonyl (C=O) groups is 1. The molecular formula is C29H46F2N2O3. The summed E-state index contributed by atoms with van der Waals surface area (Å²) in [4.78, 5) is 21.7. The van der Waals surface area contributed by atoms with Crippen LogP contribution in [0.25, 0.3) is 6.08 Å². The number of ether oxygens (including phenoxy) is 2. The molecule has 0 bridgehead atoms. The molecule has 2 atom stereocenters. The Balaban J connectivity index is 2.01. The Morgan fingerprint density at radius 2 is 1.86 bits per heavy atom. The summed E-state index contributed by atoms with van der Waals surface area (Å²) in [6, 6.07) is 0. The number of halogens is 2. The molecule has 0 N–H and O–H groups in total. The number of rotatable bonds is 14. The number of Topliss-reactive ketones (excluding diaryl/α,β-unsaturated/α-hetero) is 1. The van der Waals surface area contributed by atoms with Crippen molar-refractivity contribution in [3.8, 4) is 0 Å². The van der Waals surface area contributed by atoms with Crippen molar-refractivity contribution in [1.29, 1.82) is 0 Å². The van der Waals surface area contributed by atoms with Crippen LogP contribution >= 0.6 is 0 Å². The van der Waals surface area contributed by atoms with Gasteiger partial charge in [0.15, 0.2) is 5.78 Å². The molecule has 1 aliphatic rings. The molecule has 0 spiro atoms. The van der Waals surface area contributed by atoms with E-state index in [9.17, 15) is 13.6 Å². The molecule has 2 rings (SSSR count). The van der Waals surface area contributed by atoms with Crippen LogP contribution in [0.2, 0.25) is 0 Å². The molecule has 1 fully saturated rings. The summed E-state index contributed by atoms with van der Waals surface area (Å²) in [7, 11) is 0. The van der Waals surface area contributed by atoms with Crippen molar-refractivity contribution in [1.82, 2.24) is 9.97 Å². The largest absolute Gasteiger partial charge is 0.375 e. The minimum Gasteiger partial charge on any atom is -0.375 e. The summed E-state index contributed by atoms with van der Waals surface area (Å²) >= 11 is 0. The zero-order valence-electron chi connectivity index (χ0n) is 23.7. The highest BCUT2D eigenvalue weighted by Gasteiger charge is 2.59. The average molecular weight is 509 g/mol. The predicted octanol–water partition coefficient (Wildman–Crippen LogP) is 7.61. The lowest BCUT2D eigenvalue weighted by molar-refractivity contribution is -0.0845. The highest BCUT2D eigenvalue weighted by molar-refractivity contribution is 5.94. The average Bonchev–Trinajstić information content (AvgIpc) is 3.56. The van der Waals surface area contributed by atoms with Gasteiger partial charge in [0.25, 0.3) is 5.92 Å². The number of allylic oxidation sites excluding steroid dienone is 1. The maximum Gasteiger partial charge on any atom is 0.254 e. The Morgan fingerprint density at radius 1 is 1.22 bits per heavy atom. The van der Waals surface area contributed by atoms with Crippen molar-refractivity contribution < 1.29 is 23.0 Å². The van der Waals surface area contributed by atoms with Gasteiger partial charge in [0.05, 0.1) is 47.4 Å². The molecule has 0 aromatic carbocycles. The van der Waals surface area contributed by atoms with Crippen molar-refractivity contribution in [2.45, 2.75) is 125 Å². The molecule has 0 amide bonds. The van der Waals surface area contributed by atoms with E-state index in [0.29, 0.717) is 54.9 Å². The highest BCUT2D eigenvalue weighted by Crippen LogP contribution is 2.61. The Hall–Kier alpha value is -1.73. The molecule has 36 heavy (non-hydrogen) atoms. The topological polar surface area (TPSA) is 61.3 Å². The summed E-state index contributed by atoms with van der Waals surface area (Å²) in [6.07, 6.45) is 6.94. The molecule has 1 saturated carbocycles. The molecule has 2 unspecified atom stereocenters. The Morgan fingerprint density at radius 3 is 2.33 bits per heavy atom. The van der Waals surface area contributed by atoms with Crippen molar-refractivity contribution in [2.24, 2.45) is 11.3 Å². The third-order valence-corrected chi connectivity index (χ3v) is 7.09. The number of hydrogen-bond acceptors (Lipinski definition) is 5. The smallest absolute Gasteiger partial charge is 0.254 e. The molecule has 1 aliphatic carbocycles. The first-order chi connectivity index (χ1) is 16.6. The molecule has 0 saturated heterocycles. The molecule has 5 nitrogen and oxygen atoms in total. The van der Waals surface area contributed by atoms with Gasteiger partial charge in [-0.3, -0.25) is 9.78 Å². The van der Waals surface area contributed by atoms with Gasteiger partial charge in [0.1, 0.15) is 5.69 Å². The molecule has 204 valence electrons. The van der Waals surface area contributed by atoms with Gasteiger partial charge in [-0.2, -0.15) is 0 Å². The Labute approximate surface area is 216 Å². The summed E-state index contributed by atoms with van der Waals surface area (Å²) in [5.41, 5.74) is 0.755. The number of aryl methyl sites for hydroxylation is 1. The van der Waals surface area contributed by atoms with Gasteiger partial charge in [-0.25, -0.2) is 13.8 Å². The van der Waals surface area contributed by atoms with Gasteiger partial charge in [0.2, 0.25) is 0 Å². The van der Waals surface area contributed by atoms with Crippen LogP contribution in [0.3, 0.4) is 0 Å². The van der Waals surface area contributed by atoms with Crippen LogP contribution in [0.4, 0.5) is 8.78 Å². The van der Waals surface area contributed by atoms with Gasteiger partial charge in [-0.05, 0) is 86.6 Å². The van der Waals surface area contributed by atoms with E-state index < -0.39 is 11.3 Å². The summed E-state index contributed by atoms with van der Waals surface area (Å²) in [5, 5.41) is 0. The monoisotopic (exact) mass is 508 g/mol. The van der Waals surface area contributed by atoms with E-state index in [4.69, 9.17) is 9.47 Å². The number of aromatic nitrogens is 2. The van der Waals surface area contributed by atoms with E-state index >= 15 is 0 Å². The van der Waals surface area contributed by atoms with Crippen molar-refractivity contribution in [3.63, 3.8) is 0 Å². The second-order valence-electron chi connectivity index (χ2n) is 11.7. The lowest BCUT2D eigenvalue weighted by atomic mass is 9.90. The van der Waals surface area contributed by atoms with Crippen molar-refractivity contribution in [3.05, 3.63) is 28.9 Å². The summed E-state index contributed by atoms with van der Waals surface area (Å²) in [5.74, 6) is -2.58. The van der Waals surface area contributed by atoms with Gasteiger partial charge in [-0.1, -0.05) is 12.5 Å². The highest BCUT2D eigenvalue weighted by atomic mass is 19.3. The van der Waals surface area contributed by atoms with Gasteiger partial charge in [-0.15, -0.1) is 0 Å². The number of ketones is 1. The lowest BCUT2D eigenvalue weighted by Crippen LogP contribution is -2.33. The predicted molar refractivity (Wildman–Crippen MR) is 140 cm³/mol. The molecule has 1 aromatic heterocycles. The minimum absolute atomic E-state index is 0.0138. The number of nitrogens with zero attached hydrogens (tertiary/aromatic N) is 2. The van der Waals surface area contributed by atoms with E-state index in [1.54, 1.807) is 19.9 Å². The zero-order valence-corrected chi connectivity index (χ0v) is 23.7. The minimum atomic E-state index is -2.77. The van der Waals surface area contributed by atoms with Crippen molar-refractivity contribution >= 4 is 11.9 Å². The fourth-order valence-corrected chi connectivity index (χ4v) is 4.62. The fourth-order valence-electron chi connectivity index (χ4n) is 4.62. The van der Waals surface area contributed by atoms with Crippen LogP contribution in [0, 0.1) is 18.3 Å². The number of carbonyl (C=O) groups excluding carboxylic acids is 1. The van der Waals surface area contributed by atoms with Crippen LogP contribution in [0.15, 0.2) is 11.8 Å². The van der Waals surface area contributed by atoms with E-state index in [0.717, 1.165) is 19.8 Å². The Bertz CT molecular complexity index is 912. The fraction of sp³-hybridized carbons (Fsp3) is 0.759. The quantitative estimate of drug-likeness (QED) is 0.242. The maximum absolute atomic E-state index is 14.1. The second kappa shape index (κ2) is 12.2. The van der Waals surface area contributed by atoms with E-state index in [2.05, 4.69) is 16.9 Å². The van der Waals surface area contributed by atoms with Crippen LogP contribution in [-0.2, 0) is 9.47 Å². The van der Waals surface area contributed by atoms with Crippen LogP contribution in [0.1, 0.15) is 116 Å². The van der Waals surface area contributed by atoms with Gasteiger partial charge >= 0.3 is 0 Å². The first kappa shape index (κ1) is 30.5. The third kappa shape index (κ3) is 8.41. The zero-order chi connectivity index (χ0) is 27.3. The molecular weight excluding hydrogens is 462 g/mol. The van der Waals surface area contributed by atoms with Crippen LogP contribution in [-0.4, -0.2) is 46.1 Å². The molecule has 0 aliphatic heterocycles. The number of alkyl halides is 2.